The lowest BCUT2D eigenvalue weighted by molar-refractivity contribution is 1.34. The maximum Gasteiger partial charge on any atom is 0.0292 e. The molecule has 0 atom stereocenters. The molecule has 4 aromatic rings. The third-order valence-corrected chi connectivity index (χ3v) is 5.77. The molecule has 0 saturated carbocycles. The molecule has 0 aliphatic carbocycles. The Kier molecular flexibility index (Phi) is 4.43. The molecule has 4 rings (SSSR count). The number of hydrogen-bond donors (Lipinski definition) is 0. The maximum absolute atomic E-state index is 3.67. The fourth-order valence-electron chi connectivity index (χ4n) is 3.45. The molecule has 0 N–H and O–H groups in total. The van der Waals surface area contributed by atoms with Gasteiger partial charge >= 0.3 is 0 Å². The van der Waals surface area contributed by atoms with Crippen molar-refractivity contribution in [3.63, 3.8) is 0 Å². The van der Waals surface area contributed by atoms with E-state index in [-0.39, 0.29) is 0 Å². The molecule has 0 radical (unpaired) electrons. The Hall–Kier alpha value is -1.64. The fraction of sp³-hybridized carbons (Fsp3) is 0.0909. The molecule has 0 aliphatic rings. The molecule has 2 heteroatoms. The van der Waals surface area contributed by atoms with Crippen molar-refractivity contribution in [3.05, 3.63) is 83.9 Å². The Bertz CT molecular complexity index is 1030. The minimum atomic E-state index is 0.858. The third kappa shape index (κ3) is 2.58. The third-order valence-electron chi connectivity index (χ3n) is 4.61. The summed E-state index contributed by atoms with van der Waals surface area (Å²) in [5, 5.41) is 6.95. The number of fused-ring (bicyclic) bond motifs is 2. The van der Waals surface area contributed by atoms with Gasteiger partial charge in [0.05, 0.1) is 0 Å². The predicted octanol–water partition coefficient (Wildman–Crippen LogP) is 7.45. The molecule has 24 heavy (non-hydrogen) atoms. The van der Waals surface area contributed by atoms with Crippen molar-refractivity contribution in [2.45, 2.75) is 10.7 Å². The van der Waals surface area contributed by atoms with Gasteiger partial charge in [-0.1, -0.05) is 98.6 Å². The van der Waals surface area contributed by atoms with Crippen LogP contribution in [0.5, 0.6) is 0 Å². The second-order valence-corrected chi connectivity index (χ2v) is 7.02. The fourth-order valence-corrected chi connectivity index (χ4v) is 4.62. The van der Waals surface area contributed by atoms with Crippen LogP contribution in [0.1, 0.15) is 11.1 Å². The van der Waals surface area contributed by atoms with E-state index in [1.54, 1.807) is 0 Å². The van der Waals surface area contributed by atoms with E-state index in [1.807, 2.05) is 0 Å². The van der Waals surface area contributed by atoms with Crippen LogP contribution in [0.3, 0.4) is 0 Å². The van der Waals surface area contributed by atoms with Gasteiger partial charge in [-0.2, -0.15) is 0 Å². The molecule has 0 aliphatic heterocycles. The minimum absolute atomic E-state index is 0.858. The van der Waals surface area contributed by atoms with Gasteiger partial charge in [-0.15, -0.1) is 0 Å². The molecule has 0 amide bonds. The van der Waals surface area contributed by atoms with E-state index >= 15 is 0 Å². The van der Waals surface area contributed by atoms with E-state index in [2.05, 4.69) is 105 Å². The van der Waals surface area contributed by atoms with Crippen molar-refractivity contribution in [2.75, 3.05) is 0 Å². The first-order chi connectivity index (χ1) is 11.8. The van der Waals surface area contributed by atoms with E-state index in [4.69, 9.17) is 0 Å². The standard InChI is InChI=1S/C22H16Br2/c23-13-16-12-21(19-9-3-4-10-20(19)22(16)14-24)18-11-5-7-15-6-1-2-8-17(15)18/h1-12H,13-14H2. The lowest BCUT2D eigenvalue weighted by Crippen LogP contribution is -1.94. The Morgan fingerprint density at radius 2 is 1.25 bits per heavy atom. The van der Waals surface area contributed by atoms with Crippen LogP contribution in [0.15, 0.2) is 72.8 Å². The monoisotopic (exact) mass is 438 g/mol. The summed E-state index contributed by atoms with van der Waals surface area (Å²) in [7, 11) is 0. The number of benzene rings is 4. The Morgan fingerprint density at radius 3 is 2.00 bits per heavy atom. The van der Waals surface area contributed by atoms with Gasteiger partial charge in [-0.3, -0.25) is 0 Å². The van der Waals surface area contributed by atoms with Crippen LogP contribution in [0.25, 0.3) is 32.7 Å². The lowest BCUT2D eigenvalue weighted by atomic mass is 9.90. The summed E-state index contributed by atoms with van der Waals surface area (Å²) < 4.78 is 0. The highest BCUT2D eigenvalue weighted by molar-refractivity contribution is 9.09. The number of halogens is 2. The molecule has 0 fully saturated rings. The first-order valence-electron chi connectivity index (χ1n) is 7.97. The topological polar surface area (TPSA) is 0 Å². The van der Waals surface area contributed by atoms with Crippen molar-refractivity contribution >= 4 is 53.4 Å². The maximum atomic E-state index is 3.67. The van der Waals surface area contributed by atoms with Crippen LogP contribution < -0.4 is 0 Å². The number of rotatable bonds is 3. The first kappa shape index (κ1) is 15.9. The molecular formula is C22H16Br2. The second-order valence-electron chi connectivity index (χ2n) is 5.90. The van der Waals surface area contributed by atoms with Crippen LogP contribution in [-0.4, -0.2) is 0 Å². The van der Waals surface area contributed by atoms with Crippen LogP contribution in [0.2, 0.25) is 0 Å². The molecule has 118 valence electrons. The van der Waals surface area contributed by atoms with E-state index in [1.165, 1.54) is 43.8 Å². The SMILES string of the molecule is BrCc1cc(-c2cccc3ccccc23)c2ccccc2c1CBr. The van der Waals surface area contributed by atoms with Crippen molar-refractivity contribution in [1.29, 1.82) is 0 Å². The van der Waals surface area contributed by atoms with Crippen LogP contribution in [0.4, 0.5) is 0 Å². The summed E-state index contributed by atoms with van der Waals surface area (Å²) in [4.78, 5) is 0. The highest BCUT2D eigenvalue weighted by Crippen LogP contribution is 2.38. The minimum Gasteiger partial charge on any atom is -0.0876 e. The van der Waals surface area contributed by atoms with Gasteiger partial charge in [0, 0.05) is 10.7 Å². The summed E-state index contributed by atoms with van der Waals surface area (Å²) >= 11 is 7.34. The summed E-state index contributed by atoms with van der Waals surface area (Å²) in [6.45, 7) is 0. The lowest BCUT2D eigenvalue weighted by Gasteiger charge is -2.16. The van der Waals surface area contributed by atoms with Crippen molar-refractivity contribution in [1.82, 2.24) is 0 Å². The second kappa shape index (κ2) is 6.70. The molecule has 0 unspecified atom stereocenters. The van der Waals surface area contributed by atoms with Gasteiger partial charge in [-0.05, 0) is 49.9 Å². The van der Waals surface area contributed by atoms with Gasteiger partial charge in [0.25, 0.3) is 0 Å². The molecule has 0 saturated heterocycles. The molecule has 0 bridgehead atoms. The number of alkyl halides is 2. The van der Waals surface area contributed by atoms with Crippen LogP contribution in [0, 0.1) is 0 Å². The molecule has 0 heterocycles. The van der Waals surface area contributed by atoms with Crippen molar-refractivity contribution in [2.24, 2.45) is 0 Å². The number of hydrogen-bond acceptors (Lipinski definition) is 0. The van der Waals surface area contributed by atoms with E-state index in [0.29, 0.717) is 0 Å². The van der Waals surface area contributed by atoms with Gasteiger partial charge < -0.3 is 0 Å². The highest BCUT2D eigenvalue weighted by atomic mass is 79.9. The van der Waals surface area contributed by atoms with E-state index in [0.717, 1.165) is 10.7 Å². The zero-order chi connectivity index (χ0) is 16.5. The zero-order valence-corrected chi connectivity index (χ0v) is 16.3. The Balaban J connectivity index is 2.13. The molecule has 0 spiro atoms. The van der Waals surface area contributed by atoms with Crippen molar-refractivity contribution in [3.8, 4) is 11.1 Å². The molecule has 0 nitrogen and oxygen atoms in total. The van der Waals surface area contributed by atoms with E-state index < -0.39 is 0 Å². The zero-order valence-electron chi connectivity index (χ0n) is 13.1. The predicted molar refractivity (Wildman–Crippen MR) is 112 cm³/mol. The normalized spacial score (nSPS) is 11.2. The smallest absolute Gasteiger partial charge is 0.0292 e. The summed E-state index contributed by atoms with van der Waals surface area (Å²) in [6.07, 6.45) is 0. The van der Waals surface area contributed by atoms with Gasteiger partial charge in [-0.25, -0.2) is 0 Å². The van der Waals surface area contributed by atoms with E-state index in [9.17, 15) is 0 Å². The molecular weight excluding hydrogens is 424 g/mol. The van der Waals surface area contributed by atoms with Gasteiger partial charge in [0.2, 0.25) is 0 Å². The molecule has 0 aromatic heterocycles. The summed E-state index contributed by atoms with van der Waals surface area (Å²) in [5.41, 5.74) is 5.31. The Labute approximate surface area is 158 Å². The largest absolute Gasteiger partial charge is 0.0876 e. The van der Waals surface area contributed by atoms with Crippen LogP contribution >= 0.6 is 31.9 Å². The summed E-state index contributed by atoms with van der Waals surface area (Å²) in [6, 6.07) is 26.2. The quantitative estimate of drug-likeness (QED) is 0.291. The summed E-state index contributed by atoms with van der Waals surface area (Å²) in [5.74, 6) is 0. The van der Waals surface area contributed by atoms with Crippen molar-refractivity contribution < 1.29 is 0 Å². The molecule has 4 aromatic carbocycles. The van der Waals surface area contributed by atoms with Gasteiger partial charge in [0.15, 0.2) is 0 Å². The van der Waals surface area contributed by atoms with Crippen LogP contribution in [-0.2, 0) is 10.7 Å². The first-order valence-corrected chi connectivity index (χ1v) is 10.2. The highest BCUT2D eigenvalue weighted by Gasteiger charge is 2.13. The van der Waals surface area contributed by atoms with Gasteiger partial charge in [0.1, 0.15) is 0 Å². The average molecular weight is 440 g/mol. The Morgan fingerprint density at radius 1 is 0.583 bits per heavy atom. The average Bonchev–Trinajstić information content (AvgIpc) is 2.66.